The zero-order valence-electron chi connectivity index (χ0n) is 17.6. The van der Waals surface area contributed by atoms with Crippen LogP contribution in [0.15, 0.2) is 41.3 Å². The van der Waals surface area contributed by atoms with Crippen LogP contribution in [-0.2, 0) is 4.79 Å². The van der Waals surface area contributed by atoms with Crippen molar-refractivity contribution >= 4 is 51.9 Å². The predicted molar refractivity (Wildman–Crippen MR) is 130 cm³/mol. The van der Waals surface area contributed by atoms with Crippen LogP contribution in [-0.4, -0.2) is 42.0 Å². The molecule has 0 radical (unpaired) electrons. The lowest BCUT2D eigenvalue weighted by atomic mass is 10.1. The van der Waals surface area contributed by atoms with Crippen LogP contribution in [0, 0.1) is 6.92 Å². The molecule has 0 N–H and O–H groups in total. The molecule has 8 heteroatoms. The van der Waals surface area contributed by atoms with Gasteiger partial charge in [-0.05, 0) is 49.8 Å². The number of hydrogen-bond acceptors (Lipinski definition) is 6. The Labute approximate surface area is 197 Å². The Morgan fingerprint density at radius 3 is 2.48 bits per heavy atom. The fourth-order valence-electron chi connectivity index (χ4n) is 2.83. The van der Waals surface area contributed by atoms with Crippen LogP contribution in [0.2, 0.25) is 5.02 Å². The molecule has 31 heavy (non-hydrogen) atoms. The van der Waals surface area contributed by atoms with E-state index in [1.807, 2.05) is 44.2 Å². The van der Waals surface area contributed by atoms with E-state index in [1.54, 1.807) is 19.2 Å². The highest BCUT2D eigenvalue weighted by atomic mass is 35.5. The zero-order chi connectivity index (χ0) is 22.4. The van der Waals surface area contributed by atoms with E-state index in [1.165, 1.54) is 22.2 Å². The van der Waals surface area contributed by atoms with Crippen molar-refractivity contribution in [3.05, 3.63) is 57.5 Å². The van der Waals surface area contributed by atoms with Gasteiger partial charge >= 0.3 is 0 Å². The molecule has 1 heterocycles. The first-order valence-corrected chi connectivity index (χ1v) is 11.5. The molecule has 0 unspecified atom stereocenters. The van der Waals surface area contributed by atoms with Crippen molar-refractivity contribution in [2.45, 2.75) is 20.3 Å². The van der Waals surface area contributed by atoms with Gasteiger partial charge in [0.2, 0.25) is 0 Å². The molecular formula is C23H24ClNO4S2. The molecule has 1 amide bonds. The van der Waals surface area contributed by atoms with Gasteiger partial charge < -0.3 is 14.2 Å². The lowest BCUT2D eigenvalue weighted by molar-refractivity contribution is -0.121. The largest absolute Gasteiger partial charge is 0.493 e. The molecule has 2 aromatic carbocycles. The molecule has 0 aromatic heterocycles. The van der Waals surface area contributed by atoms with Crippen LogP contribution in [0.5, 0.6) is 17.2 Å². The van der Waals surface area contributed by atoms with Gasteiger partial charge in [0.1, 0.15) is 10.1 Å². The number of aryl methyl sites for hydroxylation is 1. The molecule has 0 atom stereocenters. The van der Waals surface area contributed by atoms with Crippen molar-refractivity contribution in [3.63, 3.8) is 0 Å². The summed E-state index contributed by atoms with van der Waals surface area (Å²) in [6.07, 6.45) is 2.45. The van der Waals surface area contributed by atoms with E-state index in [-0.39, 0.29) is 5.91 Å². The molecule has 3 rings (SSSR count). The second-order valence-corrected chi connectivity index (χ2v) is 8.95. The van der Waals surface area contributed by atoms with Crippen molar-refractivity contribution < 1.29 is 19.0 Å². The molecule has 1 fully saturated rings. The van der Waals surface area contributed by atoms with Crippen LogP contribution >= 0.6 is 35.6 Å². The molecule has 1 saturated heterocycles. The lowest BCUT2D eigenvalue weighted by Gasteiger charge is -2.15. The molecule has 0 aliphatic carbocycles. The van der Waals surface area contributed by atoms with Crippen molar-refractivity contribution in [3.8, 4) is 17.2 Å². The van der Waals surface area contributed by atoms with E-state index >= 15 is 0 Å². The minimum atomic E-state index is -0.127. The summed E-state index contributed by atoms with van der Waals surface area (Å²) in [7, 11) is 1.66. The fourth-order valence-corrected chi connectivity index (χ4v) is 4.28. The number of nitrogens with zero attached hydrogens (tertiary/aromatic N) is 1. The van der Waals surface area contributed by atoms with Gasteiger partial charge in [-0.2, -0.15) is 0 Å². The van der Waals surface area contributed by atoms with Crippen molar-refractivity contribution in [2.75, 3.05) is 26.9 Å². The first-order chi connectivity index (χ1) is 14.9. The number of ether oxygens (including phenoxy) is 3. The standard InChI is InChI=1S/C23H24ClNO4S2/c1-4-27-19-13-16(14-20-22(26)25(3)23(30)31-20)12-18(24)21(19)29-11-5-10-28-17-8-6-15(2)7-9-17/h6-9,12-14H,4-5,10-11H2,1-3H3/b20-14-. The monoisotopic (exact) mass is 477 g/mol. The number of rotatable bonds is 9. The van der Waals surface area contributed by atoms with Crippen LogP contribution in [0.4, 0.5) is 0 Å². The average Bonchev–Trinajstić information content (AvgIpc) is 2.97. The number of hydrogen-bond donors (Lipinski definition) is 0. The molecular weight excluding hydrogens is 454 g/mol. The van der Waals surface area contributed by atoms with Gasteiger partial charge in [0.05, 0.1) is 29.7 Å². The lowest BCUT2D eigenvalue weighted by Crippen LogP contribution is -2.22. The van der Waals surface area contributed by atoms with E-state index in [4.69, 9.17) is 38.0 Å². The van der Waals surface area contributed by atoms with E-state index in [0.29, 0.717) is 52.0 Å². The summed E-state index contributed by atoms with van der Waals surface area (Å²) < 4.78 is 17.9. The summed E-state index contributed by atoms with van der Waals surface area (Å²) in [6.45, 7) is 5.35. The van der Waals surface area contributed by atoms with Gasteiger partial charge in [-0.25, -0.2) is 0 Å². The third kappa shape index (κ3) is 6.15. The normalized spacial score (nSPS) is 15.0. The second kappa shape index (κ2) is 10.9. The Bertz CT molecular complexity index is 992. The number of carbonyl (C=O) groups excluding carboxylic acids is 1. The highest BCUT2D eigenvalue weighted by Gasteiger charge is 2.28. The Balaban J connectivity index is 1.64. The van der Waals surface area contributed by atoms with Crippen molar-refractivity contribution in [1.82, 2.24) is 4.90 Å². The van der Waals surface area contributed by atoms with Gasteiger partial charge in [0, 0.05) is 13.5 Å². The average molecular weight is 478 g/mol. The Hall–Kier alpha value is -2.22. The highest BCUT2D eigenvalue weighted by molar-refractivity contribution is 8.26. The van der Waals surface area contributed by atoms with Gasteiger partial charge in [-0.1, -0.05) is 53.3 Å². The Morgan fingerprint density at radius 1 is 1.13 bits per heavy atom. The number of likely N-dealkylation sites (N-methyl/N-ethyl adjacent to an activating group) is 1. The van der Waals surface area contributed by atoms with Gasteiger partial charge in [0.15, 0.2) is 11.5 Å². The van der Waals surface area contributed by atoms with Gasteiger partial charge in [-0.3, -0.25) is 9.69 Å². The van der Waals surface area contributed by atoms with E-state index in [9.17, 15) is 4.79 Å². The predicted octanol–water partition coefficient (Wildman–Crippen LogP) is 5.73. The fraction of sp³-hybridized carbons (Fsp3) is 0.304. The number of halogens is 1. The molecule has 0 saturated carbocycles. The van der Waals surface area contributed by atoms with Crippen LogP contribution in [0.25, 0.3) is 6.08 Å². The molecule has 2 aromatic rings. The number of amides is 1. The quantitative estimate of drug-likeness (QED) is 0.261. The third-order valence-electron chi connectivity index (χ3n) is 4.44. The molecule has 0 bridgehead atoms. The maximum Gasteiger partial charge on any atom is 0.265 e. The SMILES string of the molecule is CCOc1cc(/C=C2\SC(=S)N(C)C2=O)cc(Cl)c1OCCCOc1ccc(C)cc1. The van der Waals surface area contributed by atoms with Crippen LogP contribution in [0.1, 0.15) is 24.5 Å². The van der Waals surface area contributed by atoms with Gasteiger partial charge in [0.25, 0.3) is 5.91 Å². The summed E-state index contributed by atoms with van der Waals surface area (Å²) in [5.41, 5.74) is 1.94. The first-order valence-electron chi connectivity index (χ1n) is 9.89. The van der Waals surface area contributed by atoms with Crippen LogP contribution < -0.4 is 14.2 Å². The molecule has 5 nitrogen and oxygen atoms in total. The van der Waals surface area contributed by atoms with E-state index in [2.05, 4.69) is 0 Å². The minimum Gasteiger partial charge on any atom is -0.493 e. The molecule has 164 valence electrons. The van der Waals surface area contributed by atoms with Crippen molar-refractivity contribution in [2.24, 2.45) is 0 Å². The smallest absolute Gasteiger partial charge is 0.265 e. The summed E-state index contributed by atoms with van der Waals surface area (Å²) in [4.78, 5) is 14.3. The second-order valence-electron chi connectivity index (χ2n) is 6.87. The van der Waals surface area contributed by atoms with E-state index in [0.717, 1.165) is 11.3 Å². The number of thioether (sulfide) groups is 1. The Morgan fingerprint density at radius 2 is 1.84 bits per heavy atom. The molecule has 1 aliphatic rings. The summed E-state index contributed by atoms with van der Waals surface area (Å²) in [5.74, 6) is 1.73. The summed E-state index contributed by atoms with van der Waals surface area (Å²) in [6, 6.07) is 11.5. The number of benzene rings is 2. The molecule has 1 aliphatic heterocycles. The van der Waals surface area contributed by atoms with E-state index < -0.39 is 0 Å². The summed E-state index contributed by atoms with van der Waals surface area (Å²) >= 11 is 12.9. The summed E-state index contributed by atoms with van der Waals surface area (Å²) in [5, 5.41) is 0.420. The topological polar surface area (TPSA) is 48.0 Å². The maximum absolute atomic E-state index is 12.3. The first kappa shape index (κ1) is 23.4. The zero-order valence-corrected chi connectivity index (χ0v) is 20.0. The van der Waals surface area contributed by atoms with Gasteiger partial charge in [-0.15, -0.1) is 0 Å². The minimum absolute atomic E-state index is 0.127. The highest BCUT2D eigenvalue weighted by Crippen LogP contribution is 2.39. The maximum atomic E-state index is 12.3. The van der Waals surface area contributed by atoms with Crippen LogP contribution in [0.3, 0.4) is 0 Å². The number of carbonyl (C=O) groups is 1. The molecule has 0 spiro atoms. The Kier molecular flexibility index (Phi) is 8.23. The third-order valence-corrected chi connectivity index (χ3v) is 6.21. The number of thiocarbonyl (C=S) groups is 1. The van der Waals surface area contributed by atoms with Crippen molar-refractivity contribution in [1.29, 1.82) is 0 Å².